The first kappa shape index (κ1) is 12.3. The van der Waals surface area contributed by atoms with Crippen LogP contribution in [-0.2, 0) is 0 Å². The van der Waals surface area contributed by atoms with Crippen LogP contribution in [0.2, 0.25) is 0 Å². The van der Waals surface area contributed by atoms with Gasteiger partial charge in [-0.25, -0.2) is 4.98 Å². The molecule has 102 valence electrons. The van der Waals surface area contributed by atoms with Gasteiger partial charge in [0.25, 0.3) is 0 Å². The molecule has 0 fully saturated rings. The maximum Gasteiger partial charge on any atom is 0.231 e. The van der Waals surface area contributed by atoms with Gasteiger partial charge >= 0.3 is 0 Å². The number of aromatic amines is 1. The van der Waals surface area contributed by atoms with Crippen molar-refractivity contribution in [2.24, 2.45) is 0 Å². The predicted molar refractivity (Wildman–Crippen MR) is 78.0 cm³/mol. The predicted octanol–water partition coefficient (Wildman–Crippen LogP) is 2.31. The quantitative estimate of drug-likeness (QED) is 0.658. The summed E-state index contributed by atoms with van der Waals surface area (Å²) in [5.41, 5.74) is 2.34. The minimum atomic E-state index is 0.509. The molecule has 0 aliphatic carbocycles. The zero-order valence-corrected chi connectivity index (χ0v) is 11.1. The molecule has 0 aliphatic rings. The zero-order valence-electron chi connectivity index (χ0n) is 11.1. The fourth-order valence-corrected chi connectivity index (χ4v) is 1.82. The van der Waals surface area contributed by atoms with Crippen LogP contribution in [0.15, 0.2) is 30.9 Å². The van der Waals surface area contributed by atoms with Crippen LogP contribution >= 0.6 is 0 Å². The molecule has 20 heavy (non-hydrogen) atoms. The fraction of sp³-hybridized carbons (Fsp3) is 0.231. The van der Waals surface area contributed by atoms with Crippen molar-refractivity contribution in [3.8, 4) is 0 Å². The van der Waals surface area contributed by atoms with Crippen molar-refractivity contribution in [1.82, 2.24) is 24.9 Å². The number of hydrogen-bond acceptors (Lipinski definition) is 6. The normalized spacial score (nSPS) is 10.7. The molecule has 3 aromatic rings. The number of anilines is 3. The van der Waals surface area contributed by atoms with Gasteiger partial charge in [0.05, 0.1) is 6.33 Å². The Morgan fingerprint density at radius 3 is 2.85 bits per heavy atom. The van der Waals surface area contributed by atoms with Crippen LogP contribution in [-0.4, -0.2) is 31.5 Å². The molecule has 3 heterocycles. The van der Waals surface area contributed by atoms with Crippen LogP contribution in [0.3, 0.4) is 0 Å². The first-order chi connectivity index (χ1) is 9.86. The highest BCUT2D eigenvalue weighted by molar-refractivity contribution is 5.84. The summed E-state index contributed by atoms with van der Waals surface area (Å²) < 4.78 is 0. The van der Waals surface area contributed by atoms with Crippen molar-refractivity contribution in [1.29, 1.82) is 0 Å². The summed E-state index contributed by atoms with van der Waals surface area (Å²) in [4.78, 5) is 20.1. The van der Waals surface area contributed by atoms with Crippen LogP contribution in [0, 0.1) is 0 Å². The van der Waals surface area contributed by atoms with E-state index in [4.69, 9.17) is 0 Å². The van der Waals surface area contributed by atoms with Crippen molar-refractivity contribution < 1.29 is 0 Å². The molecule has 0 atom stereocenters. The Bertz CT molecular complexity index is 692. The summed E-state index contributed by atoms with van der Waals surface area (Å²) in [6, 6.07) is 3.72. The smallest absolute Gasteiger partial charge is 0.231 e. The molecule has 0 bridgehead atoms. The van der Waals surface area contributed by atoms with Gasteiger partial charge < -0.3 is 15.6 Å². The van der Waals surface area contributed by atoms with Gasteiger partial charge in [0.2, 0.25) is 5.95 Å². The van der Waals surface area contributed by atoms with Gasteiger partial charge in [0.1, 0.15) is 5.52 Å². The molecule has 0 amide bonds. The minimum Gasteiger partial charge on any atom is -0.368 e. The third-order valence-corrected chi connectivity index (χ3v) is 2.76. The molecule has 0 saturated heterocycles. The van der Waals surface area contributed by atoms with Gasteiger partial charge in [0.15, 0.2) is 11.5 Å². The Kier molecular flexibility index (Phi) is 3.40. The monoisotopic (exact) mass is 269 g/mol. The maximum atomic E-state index is 4.48. The third-order valence-electron chi connectivity index (χ3n) is 2.76. The molecule has 7 heteroatoms. The SMILES string of the molecule is CCCNc1nc(Nc2ccncc2)nc2nc[nH]c12. The standard InChI is InChI=1S/C13H15N7/c1-2-5-15-11-10-12(17-8-16-10)20-13(19-11)18-9-3-6-14-7-4-9/h3-4,6-8H,2,5H2,1H3,(H3,14,15,16,17,18,19,20). The van der Waals surface area contributed by atoms with E-state index in [0.29, 0.717) is 11.6 Å². The van der Waals surface area contributed by atoms with E-state index in [2.05, 4.69) is 42.5 Å². The van der Waals surface area contributed by atoms with Crippen molar-refractivity contribution >= 4 is 28.6 Å². The molecular weight excluding hydrogens is 254 g/mol. The van der Waals surface area contributed by atoms with Crippen LogP contribution in [0.1, 0.15) is 13.3 Å². The second-order valence-electron chi connectivity index (χ2n) is 4.28. The van der Waals surface area contributed by atoms with E-state index in [-0.39, 0.29) is 0 Å². The summed E-state index contributed by atoms with van der Waals surface area (Å²) in [7, 11) is 0. The zero-order chi connectivity index (χ0) is 13.8. The van der Waals surface area contributed by atoms with Gasteiger partial charge in [0, 0.05) is 24.6 Å². The summed E-state index contributed by atoms with van der Waals surface area (Å²) in [6.45, 7) is 2.95. The number of hydrogen-bond donors (Lipinski definition) is 3. The highest BCUT2D eigenvalue weighted by Gasteiger charge is 2.09. The lowest BCUT2D eigenvalue weighted by Crippen LogP contribution is -2.06. The Morgan fingerprint density at radius 1 is 1.20 bits per heavy atom. The van der Waals surface area contributed by atoms with Gasteiger partial charge in [-0.3, -0.25) is 4.98 Å². The number of fused-ring (bicyclic) bond motifs is 1. The minimum absolute atomic E-state index is 0.509. The molecule has 0 aromatic carbocycles. The van der Waals surface area contributed by atoms with Crippen molar-refractivity contribution in [2.45, 2.75) is 13.3 Å². The largest absolute Gasteiger partial charge is 0.368 e. The number of H-pyrrole nitrogens is 1. The lowest BCUT2D eigenvalue weighted by Gasteiger charge is -2.08. The van der Waals surface area contributed by atoms with Crippen LogP contribution in [0.5, 0.6) is 0 Å². The molecule has 7 nitrogen and oxygen atoms in total. The third kappa shape index (κ3) is 2.51. The van der Waals surface area contributed by atoms with Crippen molar-refractivity contribution in [2.75, 3.05) is 17.2 Å². The maximum absolute atomic E-state index is 4.48. The van der Waals surface area contributed by atoms with E-state index in [1.165, 1.54) is 0 Å². The van der Waals surface area contributed by atoms with Gasteiger partial charge in [-0.05, 0) is 18.6 Å². The highest BCUT2D eigenvalue weighted by Crippen LogP contribution is 2.20. The number of pyridine rings is 1. The number of imidazole rings is 1. The number of rotatable bonds is 5. The van der Waals surface area contributed by atoms with Crippen molar-refractivity contribution in [3.05, 3.63) is 30.9 Å². The van der Waals surface area contributed by atoms with Gasteiger partial charge in [-0.1, -0.05) is 6.92 Å². The second kappa shape index (κ2) is 5.52. The average molecular weight is 269 g/mol. The van der Waals surface area contributed by atoms with Gasteiger partial charge in [-0.15, -0.1) is 0 Å². The Balaban J connectivity index is 1.94. The molecule has 3 aromatic heterocycles. The molecule has 0 radical (unpaired) electrons. The Labute approximate surface area is 115 Å². The van der Waals surface area contributed by atoms with Crippen LogP contribution in [0.4, 0.5) is 17.5 Å². The molecule has 0 aliphatic heterocycles. The Morgan fingerprint density at radius 2 is 2.05 bits per heavy atom. The number of nitrogens with zero attached hydrogens (tertiary/aromatic N) is 4. The highest BCUT2D eigenvalue weighted by atomic mass is 15.2. The van der Waals surface area contributed by atoms with E-state index in [0.717, 1.165) is 30.0 Å². The molecule has 0 unspecified atom stereocenters. The Hall–Kier alpha value is -2.70. The van der Waals surface area contributed by atoms with Gasteiger partial charge in [-0.2, -0.15) is 9.97 Å². The van der Waals surface area contributed by atoms with E-state index >= 15 is 0 Å². The fourth-order valence-electron chi connectivity index (χ4n) is 1.82. The lowest BCUT2D eigenvalue weighted by molar-refractivity contribution is 0.969. The van der Waals surface area contributed by atoms with Crippen LogP contribution < -0.4 is 10.6 Å². The number of nitrogens with one attached hydrogen (secondary N) is 3. The summed E-state index contributed by atoms with van der Waals surface area (Å²) in [5.74, 6) is 1.26. The summed E-state index contributed by atoms with van der Waals surface area (Å²) >= 11 is 0. The van der Waals surface area contributed by atoms with E-state index < -0.39 is 0 Å². The topological polar surface area (TPSA) is 91.4 Å². The second-order valence-corrected chi connectivity index (χ2v) is 4.28. The molecule has 3 N–H and O–H groups in total. The number of aromatic nitrogens is 5. The lowest BCUT2D eigenvalue weighted by atomic mass is 10.4. The van der Waals surface area contributed by atoms with Crippen molar-refractivity contribution in [3.63, 3.8) is 0 Å². The first-order valence-corrected chi connectivity index (χ1v) is 6.49. The molecular formula is C13H15N7. The molecule has 0 spiro atoms. The summed E-state index contributed by atoms with van der Waals surface area (Å²) in [5, 5.41) is 6.42. The molecule has 0 saturated carbocycles. The first-order valence-electron chi connectivity index (χ1n) is 6.49. The van der Waals surface area contributed by atoms with Crippen LogP contribution in [0.25, 0.3) is 11.2 Å². The average Bonchev–Trinajstić information content (AvgIpc) is 2.94. The van der Waals surface area contributed by atoms with E-state index in [1.807, 2.05) is 12.1 Å². The summed E-state index contributed by atoms with van der Waals surface area (Å²) in [6.07, 6.45) is 6.07. The van der Waals surface area contributed by atoms with E-state index in [9.17, 15) is 0 Å². The van der Waals surface area contributed by atoms with E-state index in [1.54, 1.807) is 18.7 Å². The molecule has 3 rings (SSSR count).